The topological polar surface area (TPSA) is 111 Å². The second kappa shape index (κ2) is 60.6. The maximum Gasteiger partial charge on any atom is 0.472 e. The number of amides is 1. The van der Waals surface area contributed by atoms with Gasteiger partial charge >= 0.3 is 13.8 Å². The summed E-state index contributed by atoms with van der Waals surface area (Å²) in [6.07, 6.45) is 79.1. The summed E-state index contributed by atoms with van der Waals surface area (Å²) in [5, 5.41) is 3.05. The number of ether oxygens (including phenoxy) is 1. The van der Waals surface area contributed by atoms with E-state index in [-0.39, 0.29) is 31.5 Å². The van der Waals surface area contributed by atoms with Gasteiger partial charge in [0.15, 0.2) is 0 Å². The van der Waals surface area contributed by atoms with Crippen LogP contribution in [0.15, 0.2) is 72.9 Å². The zero-order valence-electron chi connectivity index (χ0n) is 54.0. The molecule has 3 atom stereocenters. The first-order valence-corrected chi connectivity index (χ1v) is 35.8. The molecule has 0 heterocycles. The number of carbonyl (C=O) groups is 2. The Bertz CT molecular complexity index is 1620. The van der Waals surface area contributed by atoms with E-state index in [1.807, 2.05) is 33.3 Å². The highest BCUT2D eigenvalue weighted by atomic mass is 31.2. The molecule has 0 fully saturated rings. The van der Waals surface area contributed by atoms with Crippen LogP contribution in [0.2, 0.25) is 0 Å². The van der Waals surface area contributed by atoms with Crippen molar-refractivity contribution in [3.63, 3.8) is 0 Å². The first kappa shape index (κ1) is 78.5. The Hall–Kier alpha value is -2.55. The third-order valence-corrected chi connectivity index (χ3v) is 16.1. The molecule has 0 aliphatic heterocycles. The molecular weight excluding hydrogens is 1020 g/mol. The number of nitrogens with one attached hydrogen (secondary N) is 1. The van der Waals surface area contributed by atoms with Crippen LogP contribution in [0.25, 0.3) is 0 Å². The summed E-state index contributed by atoms with van der Waals surface area (Å²) in [4.78, 5) is 37.8. The molecule has 2 N–H and O–H groups in total. The number of nitrogens with zero attached hydrogens (tertiary/aromatic N) is 1. The van der Waals surface area contributed by atoms with Gasteiger partial charge in [-0.1, -0.05) is 274 Å². The average molecular weight is 1160 g/mol. The number of hydrogen-bond donors (Lipinski definition) is 2. The fourth-order valence-corrected chi connectivity index (χ4v) is 10.5. The minimum atomic E-state index is -4.46. The van der Waals surface area contributed by atoms with Crippen molar-refractivity contribution in [1.82, 2.24) is 5.32 Å². The van der Waals surface area contributed by atoms with Crippen LogP contribution in [-0.4, -0.2) is 74.3 Å². The molecular formula is C71H132N2O7P+. The summed E-state index contributed by atoms with van der Waals surface area (Å²) in [7, 11) is 1.48. The molecule has 9 nitrogen and oxygen atoms in total. The molecule has 0 saturated heterocycles. The van der Waals surface area contributed by atoms with Crippen LogP contribution < -0.4 is 5.32 Å². The van der Waals surface area contributed by atoms with Crippen LogP contribution in [0.5, 0.6) is 0 Å². The molecule has 0 rings (SSSR count). The number of hydrogen-bond acceptors (Lipinski definition) is 6. The van der Waals surface area contributed by atoms with Crippen molar-refractivity contribution < 1.29 is 37.3 Å². The summed E-state index contributed by atoms with van der Waals surface area (Å²) >= 11 is 0. The molecule has 10 heteroatoms. The highest BCUT2D eigenvalue weighted by molar-refractivity contribution is 7.47. The molecule has 0 aliphatic carbocycles. The maximum atomic E-state index is 13.6. The third kappa shape index (κ3) is 61.8. The molecule has 3 unspecified atom stereocenters. The third-order valence-electron chi connectivity index (χ3n) is 15.1. The number of carbonyl (C=O) groups excluding carboxylic acids is 2. The Labute approximate surface area is 502 Å². The minimum Gasteiger partial charge on any atom is -0.456 e. The van der Waals surface area contributed by atoms with E-state index in [0.717, 1.165) is 77.0 Å². The van der Waals surface area contributed by atoms with Crippen molar-refractivity contribution in [1.29, 1.82) is 0 Å². The number of allylic oxidation sites excluding steroid dienone is 11. The van der Waals surface area contributed by atoms with Gasteiger partial charge in [0, 0.05) is 12.8 Å². The van der Waals surface area contributed by atoms with E-state index in [0.29, 0.717) is 23.9 Å². The number of unbranched alkanes of at least 4 members (excludes halogenated alkanes) is 36. The van der Waals surface area contributed by atoms with Gasteiger partial charge in [-0.05, 0) is 102 Å². The normalized spacial score (nSPS) is 14.0. The van der Waals surface area contributed by atoms with Gasteiger partial charge < -0.3 is 19.4 Å². The predicted molar refractivity (Wildman–Crippen MR) is 351 cm³/mol. The second-order valence-electron chi connectivity index (χ2n) is 24.3. The van der Waals surface area contributed by atoms with Crippen molar-refractivity contribution in [2.24, 2.45) is 0 Å². The molecule has 0 aromatic rings. The molecule has 0 aliphatic rings. The van der Waals surface area contributed by atoms with Crippen molar-refractivity contribution in [3.8, 4) is 0 Å². The van der Waals surface area contributed by atoms with Crippen molar-refractivity contribution >= 4 is 19.7 Å². The Kier molecular flexibility index (Phi) is 58.7. The first-order chi connectivity index (χ1) is 39.4. The van der Waals surface area contributed by atoms with Gasteiger partial charge in [-0.2, -0.15) is 0 Å². The fraction of sp³-hybridized carbons (Fsp3) is 0.803. The van der Waals surface area contributed by atoms with Gasteiger partial charge in [0.25, 0.3) is 0 Å². The van der Waals surface area contributed by atoms with Gasteiger partial charge in [0.05, 0.1) is 33.8 Å². The van der Waals surface area contributed by atoms with Crippen LogP contribution in [0.3, 0.4) is 0 Å². The fourth-order valence-electron chi connectivity index (χ4n) is 9.80. The van der Waals surface area contributed by atoms with Gasteiger partial charge in [-0.3, -0.25) is 18.6 Å². The lowest BCUT2D eigenvalue weighted by Gasteiger charge is -2.27. The lowest BCUT2D eigenvalue weighted by Crippen LogP contribution is -2.47. The Morgan fingerprint density at radius 3 is 1.17 bits per heavy atom. The van der Waals surface area contributed by atoms with E-state index in [1.165, 1.54) is 199 Å². The Balaban J connectivity index is 5.20. The van der Waals surface area contributed by atoms with Crippen molar-refractivity contribution in [2.75, 3.05) is 40.9 Å². The summed E-state index contributed by atoms with van der Waals surface area (Å²) in [5.74, 6) is -0.533. The number of esters is 1. The minimum absolute atomic E-state index is 0.0324. The lowest BCUT2D eigenvalue weighted by molar-refractivity contribution is -0.870. The largest absolute Gasteiger partial charge is 0.472 e. The molecule has 472 valence electrons. The summed E-state index contributed by atoms with van der Waals surface area (Å²) in [6.45, 7) is 6.98. The van der Waals surface area contributed by atoms with Crippen LogP contribution >= 0.6 is 7.82 Å². The summed E-state index contributed by atoms with van der Waals surface area (Å²) in [5.41, 5.74) is 0. The number of quaternary nitrogens is 1. The molecule has 81 heavy (non-hydrogen) atoms. The Morgan fingerprint density at radius 1 is 0.432 bits per heavy atom. The number of phosphoric acid groups is 1. The summed E-state index contributed by atoms with van der Waals surface area (Å²) < 4.78 is 30.8. The number of likely N-dealkylation sites (N-methyl/N-ethyl adjacent to an activating group) is 1. The summed E-state index contributed by atoms with van der Waals surface area (Å²) in [6, 6.07) is -0.868. The molecule has 0 aromatic heterocycles. The smallest absolute Gasteiger partial charge is 0.456 e. The van der Waals surface area contributed by atoms with E-state index < -0.39 is 20.0 Å². The van der Waals surface area contributed by atoms with E-state index in [4.69, 9.17) is 13.8 Å². The highest BCUT2D eigenvalue weighted by Gasteiger charge is 2.30. The van der Waals surface area contributed by atoms with Crippen LogP contribution in [0, 0.1) is 0 Å². The highest BCUT2D eigenvalue weighted by Crippen LogP contribution is 2.43. The molecule has 0 saturated carbocycles. The predicted octanol–water partition coefficient (Wildman–Crippen LogP) is 21.6. The van der Waals surface area contributed by atoms with Crippen molar-refractivity contribution in [2.45, 2.75) is 328 Å². The molecule has 0 spiro atoms. The zero-order chi connectivity index (χ0) is 59.3. The molecule has 1 amide bonds. The van der Waals surface area contributed by atoms with E-state index in [9.17, 15) is 19.0 Å². The van der Waals surface area contributed by atoms with Crippen molar-refractivity contribution in [3.05, 3.63) is 72.9 Å². The van der Waals surface area contributed by atoms with Gasteiger partial charge in [-0.25, -0.2) is 4.57 Å². The van der Waals surface area contributed by atoms with E-state index in [2.05, 4.69) is 86.8 Å². The van der Waals surface area contributed by atoms with Crippen LogP contribution in [0.4, 0.5) is 0 Å². The number of rotatable bonds is 62. The molecule has 0 aromatic carbocycles. The zero-order valence-corrected chi connectivity index (χ0v) is 54.9. The van der Waals surface area contributed by atoms with E-state index >= 15 is 0 Å². The van der Waals surface area contributed by atoms with Gasteiger partial charge in [0.1, 0.15) is 19.3 Å². The molecule has 0 radical (unpaired) electrons. The average Bonchev–Trinajstić information content (AvgIpc) is 3.44. The lowest BCUT2D eigenvalue weighted by atomic mass is 10.0. The van der Waals surface area contributed by atoms with Gasteiger partial charge in [-0.15, -0.1) is 0 Å². The van der Waals surface area contributed by atoms with Crippen LogP contribution in [0.1, 0.15) is 316 Å². The maximum absolute atomic E-state index is 13.6. The quantitative estimate of drug-likeness (QED) is 0.0205. The Morgan fingerprint density at radius 2 is 0.753 bits per heavy atom. The standard InChI is InChI=1S/C71H131N2O7P/c1-7-10-13-16-19-22-25-28-30-32-34-35-36-37-39-41-43-46-49-52-55-58-61-64-71(75)80-69(62-59-56-53-50-47-44-27-24-21-18-15-12-9-3)68(67-79-81(76,77)78-66-65-73(4,5)6)72-70(74)63-60-57-54-51-48-45-42-40-38-33-31-29-26-23-20-17-14-11-8-2/h20,23,28-31,38,40,45,48,59,62,68-69H,7-19,21-22,24-27,32-37,39,41-44,46-47,49-58,60-61,63-67H2,1-6H3,(H-,72,74,76,77)/p+1/b23-20-,30-28+,31-29-,40-38-,48-45-,62-59+. The van der Waals surface area contributed by atoms with Gasteiger partial charge in [0.2, 0.25) is 5.91 Å². The monoisotopic (exact) mass is 1160 g/mol. The first-order valence-electron chi connectivity index (χ1n) is 34.3. The SMILES string of the molecule is CCCCC/C=C\C/C=C\C/C=C\C/C=C\CCCCCC(=O)NC(COP(=O)(O)OCC[N+](C)(C)C)C(/C=C/CCCCCCCCCCCCC)OC(=O)CCCCCCCCCCCCCCC/C=C/CCCCCCCC. The van der Waals surface area contributed by atoms with Crippen LogP contribution in [-0.2, 0) is 27.9 Å². The van der Waals surface area contributed by atoms with E-state index in [1.54, 1.807) is 0 Å². The second-order valence-corrected chi connectivity index (χ2v) is 25.8. The number of phosphoric ester groups is 1. The molecule has 0 bridgehead atoms.